The van der Waals surface area contributed by atoms with Crippen LogP contribution in [0.3, 0.4) is 0 Å². The maximum atomic E-state index is 7.77. The van der Waals surface area contributed by atoms with Crippen molar-refractivity contribution in [2.24, 2.45) is 0 Å². The molecule has 0 aliphatic carbocycles. The lowest BCUT2D eigenvalue weighted by Gasteiger charge is -2.29. The first-order valence-corrected chi connectivity index (χ1v) is 6.59. The molecule has 1 aromatic heterocycles. The van der Waals surface area contributed by atoms with Gasteiger partial charge in [0.2, 0.25) is 0 Å². The van der Waals surface area contributed by atoms with Gasteiger partial charge in [0.05, 0.1) is 5.69 Å². The van der Waals surface area contributed by atoms with Crippen LogP contribution in [0.2, 0.25) is 0 Å². The molecule has 17 heavy (non-hydrogen) atoms. The summed E-state index contributed by atoms with van der Waals surface area (Å²) in [6.07, 6.45) is 5.21. The minimum absolute atomic E-state index is 0.156. The topological polar surface area (TPSA) is 41.1 Å². The Labute approximate surface area is 104 Å². The van der Waals surface area contributed by atoms with E-state index in [1.54, 1.807) is 0 Å². The Morgan fingerprint density at radius 3 is 3.24 bits per heavy atom. The summed E-state index contributed by atoms with van der Waals surface area (Å²) in [7, 11) is 0. The van der Waals surface area contributed by atoms with Gasteiger partial charge in [-0.05, 0) is 19.8 Å². The van der Waals surface area contributed by atoms with Gasteiger partial charge in [0.25, 0.3) is 0 Å². The normalized spacial score (nSPS) is 25.4. The molecule has 1 N–H and O–H groups in total. The average Bonchev–Trinajstić information content (AvgIpc) is 2.70. The molecule has 4 heteroatoms. The average molecular weight is 233 g/mol. The highest BCUT2D eigenvalue weighted by atomic mass is 15.2. The van der Waals surface area contributed by atoms with Gasteiger partial charge in [-0.3, -0.25) is 0 Å². The van der Waals surface area contributed by atoms with Gasteiger partial charge in [0.1, 0.15) is 13.5 Å². The van der Waals surface area contributed by atoms with E-state index in [0.29, 0.717) is 6.04 Å². The Bertz CT molecular complexity index is 449. The molecule has 3 rings (SSSR count). The van der Waals surface area contributed by atoms with Crippen LogP contribution in [0.25, 0.3) is 0 Å². The monoisotopic (exact) mass is 233 g/mol. The first-order chi connectivity index (χ1) is 8.75. The summed E-state index contributed by atoms with van der Waals surface area (Å²) in [5.74, 6) is 1.00. The number of hydrogen-bond acceptors (Lipinski definition) is 4. The first-order valence-electron chi connectivity index (χ1n) is 7.09. The summed E-state index contributed by atoms with van der Waals surface area (Å²) in [5.41, 5.74) is 2.22. The molecule has 4 nitrogen and oxygen atoms in total. The van der Waals surface area contributed by atoms with Crippen molar-refractivity contribution in [3.05, 3.63) is 17.6 Å². The zero-order valence-electron chi connectivity index (χ0n) is 11.4. The van der Waals surface area contributed by atoms with Crippen molar-refractivity contribution in [1.29, 1.82) is 0 Å². The number of hydrogen-bond donors (Lipinski definition) is 1. The summed E-state index contributed by atoms with van der Waals surface area (Å²) >= 11 is 0. The van der Waals surface area contributed by atoms with Crippen molar-refractivity contribution in [2.75, 3.05) is 11.4 Å². The highest BCUT2D eigenvalue weighted by molar-refractivity contribution is 5.50. The number of nitrogens with one attached hydrogen (secondary N) is 1. The molecule has 0 bridgehead atoms. The molecule has 0 amide bonds. The lowest BCUT2D eigenvalue weighted by atomic mass is 10.1. The SMILES string of the molecule is [2H]c1nc2c(c(N3CCCCCC3C)n1)CNC2. The fourth-order valence-electron chi connectivity index (χ4n) is 2.86. The largest absolute Gasteiger partial charge is 0.354 e. The van der Waals surface area contributed by atoms with Gasteiger partial charge in [-0.1, -0.05) is 12.8 Å². The molecular weight excluding hydrogens is 212 g/mol. The smallest absolute Gasteiger partial charge is 0.137 e. The maximum Gasteiger partial charge on any atom is 0.137 e. The lowest BCUT2D eigenvalue weighted by Crippen LogP contribution is -2.34. The van der Waals surface area contributed by atoms with Gasteiger partial charge in [-0.2, -0.15) is 0 Å². The van der Waals surface area contributed by atoms with Crippen molar-refractivity contribution in [2.45, 2.75) is 51.7 Å². The van der Waals surface area contributed by atoms with E-state index in [-0.39, 0.29) is 6.30 Å². The van der Waals surface area contributed by atoms with Crippen LogP contribution in [-0.2, 0) is 13.1 Å². The summed E-state index contributed by atoms with van der Waals surface area (Å²) in [4.78, 5) is 11.0. The van der Waals surface area contributed by atoms with Crippen LogP contribution in [0.15, 0.2) is 6.30 Å². The summed E-state index contributed by atoms with van der Waals surface area (Å²) in [6, 6.07) is 0.520. The Morgan fingerprint density at radius 2 is 2.29 bits per heavy atom. The number of nitrogens with zero attached hydrogens (tertiary/aromatic N) is 3. The second-order valence-electron chi connectivity index (χ2n) is 5.07. The number of fused-ring (bicyclic) bond motifs is 1. The van der Waals surface area contributed by atoms with Crippen molar-refractivity contribution in [1.82, 2.24) is 15.3 Å². The predicted molar refractivity (Wildman–Crippen MR) is 67.9 cm³/mol. The van der Waals surface area contributed by atoms with Crippen molar-refractivity contribution in [3.8, 4) is 0 Å². The zero-order valence-corrected chi connectivity index (χ0v) is 10.4. The Hall–Kier alpha value is -1.16. The molecular formula is C13H20N4. The molecule has 2 aliphatic heterocycles. The first kappa shape index (κ1) is 9.83. The summed E-state index contributed by atoms with van der Waals surface area (Å²) in [5, 5.41) is 3.31. The number of rotatable bonds is 1. The molecule has 2 aliphatic rings. The molecule has 1 aromatic rings. The molecule has 3 heterocycles. The van der Waals surface area contributed by atoms with Crippen LogP contribution in [0.1, 0.15) is 45.2 Å². The van der Waals surface area contributed by atoms with Crippen molar-refractivity contribution in [3.63, 3.8) is 0 Å². The maximum absolute atomic E-state index is 7.77. The molecule has 1 unspecified atom stereocenters. The molecule has 0 radical (unpaired) electrons. The molecule has 92 valence electrons. The third-order valence-corrected chi connectivity index (χ3v) is 3.88. The fourth-order valence-corrected chi connectivity index (χ4v) is 2.86. The Kier molecular flexibility index (Phi) is 2.66. The van der Waals surface area contributed by atoms with E-state index in [9.17, 15) is 0 Å². The summed E-state index contributed by atoms with van der Waals surface area (Å²) < 4.78 is 7.77. The van der Waals surface area contributed by atoms with Crippen molar-refractivity contribution >= 4 is 5.82 Å². The van der Waals surface area contributed by atoms with Crippen LogP contribution >= 0.6 is 0 Å². The van der Waals surface area contributed by atoms with Crippen molar-refractivity contribution < 1.29 is 1.37 Å². The van der Waals surface area contributed by atoms with Gasteiger partial charge in [-0.15, -0.1) is 0 Å². The van der Waals surface area contributed by atoms with E-state index in [1.807, 2.05) is 0 Å². The standard InChI is InChI=1S/C13H20N4/c1-10-5-3-2-4-6-17(10)13-11-7-14-8-12(11)15-9-16-13/h9-10,14H,2-8H2,1H3/i9D. The van der Waals surface area contributed by atoms with Crippen LogP contribution in [0.4, 0.5) is 5.82 Å². The lowest BCUT2D eigenvalue weighted by molar-refractivity contribution is 0.608. The highest BCUT2D eigenvalue weighted by Gasteiger charge is 2.24. The van der Waals surface area contributed by atoms with Gasteiger partial charge < -0.3 is 10.2 Å². The van der Waals surface area contributed by atoms with E-state index >= 15 is 0 Å². The number of anilines is 1. The van der Waals surface area contributed by atoms with E-state index < -0.39 is 0 Å². The van der Waals surface area contributed by atoms with Gasteiger partial charge >= 0.3 is 0 Å². The second kappa shape index (κ2) is 4.61. The van der Waals surface area contributed by atoms with Crippen LogP contribution < -0.4 is 10.2 Å². The van der Waals surface area contributed by atoms with Gasteiger partial charge in [0, 0.05) is 31.2 Å². The molecule has 0 aromatic carbocycles. The molecule has 1 fully saturated rings. The van der Waals surface area contributed by atoms with Crippen LogP contribution in [0.5, 0.6) is 0 Å². The molecule has 0 saturated carbocycles. The van der Waals surface area contributed by atoms with E-state index in [0.717, 1.165) is 31.1 Å². The second-order valence-corrected chi connectivity index (χ2v) is 5.07. The number of aromatic nitrogens is 2. The van der Waals surface area contributed by atoms with Gasteiger partial charge in [0.15, 0.2) is 0 Å². The minimum atomic E-state index is 0.156. The van der Waals surface area contributed by atoms with Gasteiger partial charge in [-0.25, -0.2) is 9.97 Å². The third kappa shape index (κ3) is 2.02. The molecule has 1 atom stereocenters. The van der Waals surface area contributed by atoms with Crippen LogP contribution in [0, 0.1) is 0 Å². The third-order valence-electron chi connectivity index (χ3n) is 3.88. The fraction of sp³-hybridized carbons (Fsp3) is 0.692. The highest BCUT2D eigenvalue weighted by Crippen LogP contribution is 2.28. The quantitative estimate of drug-likeness (QED) is 0.803. The summed E-state index contributed by atoms with van der Waals surface area (Å²) in [6.45, 7) is 4.95. The Morgan fingerprint density at radius 1 is 1.35 bits per heavy atom. The molecule has 0 spiro atoms. The van der Waals surface area contributed by atoms with E-state index in [2.05, 4.69) is 27.1 Å². The Balaban J connectivity index is 1.99. The zero-order chi connectivity index (χ0) is 12.5. The minimum Gasteiger partial charge on any atom is -0.354 e. The van der Waals surface area contributed by atoms with E-state index in [4.69, 9.17) is 1.37 Å². The van der Waals surface area contributed by atoms with E-state index in [1.165, 1.54) is 31.2 Å². The predicted octanol–water partition coefficient (Wildman–Crippen LogP) is 1.85. The molecule has 1 saturated heterocycles. The van der Waals surface area contributed by atoms with Crippen LogP contribution in [-0.4, -0.2) is 22.6 Å².